The van der Waals surface area contributed by atoms with Gasteiger partial charge in [0.2, 0.25) is 5.78 Å². The van der Waals surface area contributed by atoms with Crippen molar-refractivity contribution < 1.29 is 18.3 Å². The molecule has 2 heterocycles. The van der Waals surface area contributed by atoms with E-state index in [1.54, 1.807) is 48.5 Å². The second kappa shape index (κ2) is 8.44. The molecule has 5 rings (SSSR count). The maximum atomic E-state index is 14.8. The Balaban J connectivity index is 1.75. The quantitative estimate of drug-likeness (QED) is 0.285. The first kappa shape index (κ1) is 20.8. The number of halogens is 3. The van der Waals surface area contributed by atoms with E-state index in [9.17, 15) is 13.6 Å². The number of fused-ring (bicyclic) bond motifs is 1. The van der Waals surface area contributed by atoms with Crippen molar-refractivity contribution >= 4 is 28.4 Å². The van der Waals surface area contributed by atoms with Crippen LogP contribution in [0.25, 0.3) is 16.7 Å². The molecule has 0 atom stereocenters. The zero-order chi connectivity index (χ0) is 22.9. The number of ether oxygens (including phenoxy) is 1. The lowest BCUT2D eigenvalue weighted by Crippen LogP contribution is -2.12. The minimum absolute atomic E-state index is 0.0201. The van der Waals surface area contributed by atoms with Gasteiger partial charge in [-0.2, -0.15) is 4.98 Å². The van der Waals surface area contributed by atoms with Gasteiger partial charge in [-0.15, -0.1) is 0 Å². The van der Waals surface area contributed by atoms with Crippen molar-refractivity contribution in [3.63, 3.8) is 0 Å². The number of hydrogen-bond donors (Lipinski definition) is 0. The van der Waals surface area contributed by atoms with Gasteiger partial charge in [-0.05, 0) is 42.5 Å². The summed E-state index contributed by atoms with van der Waals surface area (Å²) in [7, 11) is 0. The van der Waals surface area contributed by atoms with E-state index in [1.165, 1.54) is 18.3 Å². The Hall–Kier alpha value is -4.10. The van der Waals surface area contributed by atoms with E-state index in [0.717, 1.165) is 16.7 Å². The Morgan fingerprint density at radius 1 is 0.909 bits per heavy atom. The third kappa shape index (κ3) is 3.83. The van der Waals surface area contributed by atoms with Crippen LogP contribution in [0, 0.1) is 11.6 Å². The van der Waals surface area contributed by atoms with E-state index in [0.29, 0.717) is 11.1 Å². The number of para-hydroxylation sites is 2. The smallest absolute Gasteiger partial charge is 0.323 e. The first-order valence-corrected chi connectivity index (χ1v) is 10.3. The standard InChI is InChI=1S/C25H14ClF2N3O2/c26-18-10-5-4-9-17(18)23(32)21-13-15-14-29-25(33-16-7-2-1-3-8-16)30-24(15)31(21)22-19(27)11-6-12-20(22)28/h1-14H. The fourth-order valence-electron chi connectivity index (χ4n) is 3.50. The van der Waals surface area contributed by atoms with E-state index in [4.69, 9.17) is 16.3 Å². The molecule has 0 amide bonds. The van der Waals surface area contributed by atoms with Crippen LogP contribution in [0.5, 0.6) is 11.8 Å². The highest BCUT2D eigenvalue weighted by Crippen LogP contribution is 2.31. The average Bonchev–Trinajstić information content (AvgIpc) is 3.18. The summed E-state index contributed by atoms with van der Waals surface area (Å²) in [5, 5.41) is 0.612. The summed E-state index contributed by atoms with van der Waals surface area (Å²) in [6, 6.07) is 20.2. The monoisotopic (exact) mass is 461 g/mol. The van der Waals surface area contributed by atoms with Gasteiger partial charge in [0.05, 0.1) is 10.7 Å². The predicted molar refractivity (Wildman–Crippen MR) is 120 cm³/mol. The summed E-state index contributed by atoms with van der Waals surface area (Å²) in [4.78, 5) is 21.9. The number of ketones is 1. The van der Waals surface area contributed by atoms with Crippen LogP contribution >= 0.6 is 11.6 Å². The number of nitrogens with zero attached hydrogens (tertiary/aromatic N) is 3. The molecule has 3 aromatic carbocycles. The third-order valence-corrected chi connectivity index (χ3v) is 5.31. The lowest BCUT2D eigenvalue weighted by atomic mass is 10.1. The van der Waals surface area contributed by atoms with Crippen molar-refractivity contribution in [3.8, 4) is 17.4 Å². The zero-order valence-corrected chi connectivity index (χ0v) is 17.6. The summed E-state index contributed by atoms with van der Waals surface area (Å²) in [6.45, 7) is 0. The van der Waals surface area contributed by atoms with Gasteiger partial charge >= 0.3 is 6.01 Å². The van der Waals surface area contributed by atoms with Crippen molar-refractivity contribution in [2.45, 2.75) is 0 Å². The minimum Gasteiger partial charge on any atom is -0.424 e. The zero-order valence-electron chi connectivity index (χ0n) is 16.9. The molecule has 8 heteroatoms. The molecular weight excluding hydrogens is 448 g/mol. The number of carbonyl (C=O) groups is 1. The highest BCUT2D eigenvalue weighted by molar-refractivity contribution is 6.35. The summed E-state index contributed by atoms with van der Waals surface area (Å²) in [5.74, 6) is -1.75. The molecule has 5 aromatic rings. The summed E-state index contributed by atoms with van der Waals surface area (Å²) < 4.78 is 36.5. The van der Waals surface area contributed by atoms with Crippen LogP contribution in [0.15, 0.2) is 85.1 Å². The van der Waals surface area contributed by atoms with Crippen LogP contribution in [0.4, 0.5) is 8.78 Å². The first-order valence-electron chi connectivity index (χ1n) is 9.88. The molecule has 0 aliphatic heterocycles. The predicted octanol–water partition coefficient (Wildman–Crippen LogP) is 6.38. The molecule has 5 nitrogen and oxygen atoms in total. The van der Waals surface area contributed by atoms with E-state index >= 15 is 0 Å². The van der Waals surface area contributed by atoms with Crippen LogP contribution in [0.3, 0.4) is 0 Å². The average molecular weight is 462 g/mol. The van der Waals surface area contributed by atoms with Crippen LogP contribution in [-0.2, 0) is 0 Å². The Bertz CT molecular complexity index is 1480. The van der Waals surface area contributed by atoms with Gasteiger partial charge in [-0.25, -0.2) is 13.8 Å². The van der Waals surface area contributed by atoms with Crippen LogP contribution in [0.1, 0.15) is 16.1 Å². The third-order valence-electron chi connectivity index (χ3n) is 4.98. The number of benzene rings is 3. The molecule has 0 saturated heterocycles. The van der Waals surface area contributed by atoms with E-state index in [1.807, 2.05) is 6.07 Å². The molecule has 0 saturated carbocycles. The topological polar surface area (TPSA) is 57.0 Å². The maximum Gasteiger partial charge on any atom is 0.323 e. The number of carbonyl (C=O) groups excluding carboxylic acids is 1. The summed E-state index contributed by atoms with van der Waals surface area (Å²) >= 11 is 6.22. The van der Waals surface area contributed by atoms with Crippen molar-refractivity contribution in [2.24, 2.45) is 0 Å². The minimum atomic E-state index is -0.857. The molecule has 0 aliphatic rings. The van der Waals surface area contributed by atoms with Gasteiger partial charge in [0.25, 0.3) is 0 Å². The largest absolute Gasteiger partial charge is 0.424 e. The lowest BCUT2D eigenvalue weighted by molar-refractivity contribution is 0.103. The second-order valence-electron chi connectivity index (χ2n) is 7.09. The Labute approximate surface area is 191 Å². The molecule has 0 fully saturated rings. The molecule has 0 bridgehead atoms. The second-order valence-corrected chi connectivity index (χ2v) is 7.50. The van der Waals surface area contributed by atoms with Gasteiger partial charge < -0.3 is 4.74 Å². The molecule has 33 heavy (non-hydrogen) atoms. The van der Waals surface area contributed by atoms with Gasteiger partial charge in [0.15, 0.2) is 5.65 Å². The van der Waals surface area contributed by atoms with E-state index < -0.39 is 23.1 Å². The normalized spacial score (nSPS) is 11.0. The van der Waals surface area contributed by atoms with Gasteiger partial charge in [0.1, 0.15) is 23.1 Å². The number of hydrogen-bond acceptors (Lipinski definition) is 4. The molecule has 0 spiro atoms. The van der Waals surface area contributed by atoms with Crippen molar-refractivity contribution in [2.75, 3.05) is 0 Å². The van der Waals surface area contributed by atoms with Crippen LogP contribution in [-0.4, -0.2) is 20.3 Å². The fourth-order valence-corrected chi connectivity index (χ4v) is 3.72. The molecule has 0 N–H and O–H groups in total. The molecule has 0 aliphatic carbocycles. The van der Waals surface area contributed by atoms with Crippen LogP contribution in [0.2, 0.25) is 5.02 Å². The Morgan fingerprint density at radius 3 is 2.33 bits per heavy atom. The highest BCUT2D eigenvalue weighted by atomic mass is 35.5. The first-order chi connectivity index (χ1) is 16.0. The molecule has 0 unspecified atom stereocenters. The number of rotatable bonds is 5. The summed E-state index contributed by atoms with van der Waals surface area (Å²) in [5.41, 5.74) is -0.162. The fraction of sp³-hybridized carbons (Fsp3) is 0. The van der Waals surface area contributed by atoms with Crippen molar-refractivity contribution in [1.82, 2.24) is 14.5 Å². The summed E-state index contributed by atoms with van der Waals surface area (Å²) in [6.07, 6.45) is 1.43. The van der Waals surface area contributed by atoms with Gasteiger partial charge in [0, 0.05) is 17.1 Å². The van der Waals surface area contributed by atoms with Gasteiger partial charge in [-0.1, -0.05) is 48.0 Å². The lowest BCUT2D eigenvalue weighted by Gasteiger charge is -2.12. The molecule has 162 valence electrons. The van der Waals surface area contributed by atoms with E-state index in [2.05, 4.69) is 9.97 Å². The number of aromatic nitrogens is 3. The Morgan fingerprint density at radius 2 is 1.61 bits per heavy atom. The Kier molecular flexibility index (Phi) is 5.32. The van der Waals surface area contributed by atoms with E-state index in [-0.39, 0.29) is 27.9 Å². The SMILES string of the molecule is O=C(c1ccccc1Cl)c1cc2cnc(Oc3ccccc3)nc2n1-c1c(F)cccc1F. The molecular formula is C25H14ClF2N3O2. The molecule has 2 aromatic heterocycles. The maximum absolute atomic E-state index is 14.8. The van der Waals surface area contributed by atoms with Crippen LogP contribution < -0.4 is 4.74 Å². The van der Waals surface area contributed by atoms with Crippen molar-refractivity contribution in [1.29, 1.82) is 0 Å². The van der Waals surface area contributed by atoms with Crippen molar-refractivity contribution in [3.05, 3.63) is 113 Å². The van der Waals surface area contributed by atoms with Gasteiger partial charge in [-0.3, -0.25) is 9.36 Å². The molecule has 0 radical (unpaired) electrons. The highest BCUT2D eigenvalue weighted by Gasteiger charge is 2.25.